The molecule has 4 rings (SSSR count). The molecule has 146 valence electrons. The van der Waals surface area contributed by atoms with E-state index in [2.05, 4.69) is 25.6 Å². The average molecular weight is 381 g/mol. The lowest BCUT2D eigenvalue weighted by atomic mass is 10.0. The number of aryl methyl sites for hydroxylation is 1. The summed E-state index contributed by atoms with van der Waals surface area (Å²) in [6, 6.07) is 9.77. The van der Waals surface area contributed by atoms with Crippen LogP contribution in [0.5, 0.6) is 0 Å². The van der Waals surface area contributed by atoms with Crippen molar-refractivity contribution in [1.29, 1.82) is 0 Å². The molecule has 2 aromatic heterocycles. The Kier molecular flexibility index (Phi) is 4.81. The Bertz CT molecular complexity index is 956. The van der Waals surface area contributed by atoms with E-state index >= 15 is 0 Å². The van der Waals surface area contributed by atoms with Crippen LogP contribution in [-0.2, 0) is 0 Å². The molecule has 1 aliphatic heterocycles. The monoisotopic (exact) mass is 381 g/mol. The van der Waals surface area contributed by atoms with Gasteiger partial charge in [0.25, 0.3) is 5.91 Å². The minimum atomic E-state index is -0.0234. The number of hydrogen-bond donors (Lipinski definition) is 0. The van der Waals surface area contributed by atoms with E-state index in [-0.39, 0.29) is 11.8 Å². The zero-order valence-corrected chi connectivity index (χ0v) is 16.2. The van der Waals surface area contributed by atoms with Crippen molar-refractivity contribution in [3.8, 4) is 5.69 Å². The molecule has 9 heteroatoms. The molecule has 0 atom stereocenters. The number of carbonyl (C=O) groups excluding carboxylic acids is 1. The number of para-hydroxylation sites is 1. The van der Waals surface area contributed by atoms with Gasteiger partial charge in [-0.05, 0) is 29.5 Å². The van der Waals surface area contributed by atoms with Crippen LogP contribution in [0.25, 0.3) is 5.69 Å². The predicted octanol–water partition coefficient (Wildman–Crippen LogP) is 2.04. The van der Waals surface area contributed by atoms with Gasteiger partial charge in [-0.15, -0.1) is 0 Å². The van der Waals surface area contributed by atoms with E-state index in [1.807, 2.05) is 56.0 Å². The van der Waals surface area contributed by atoms with Gasteiger partial charge in [-0.1, -0.05) is 42.3 Å². The van der Waals surface area contributed by atoms with Crippen LogP contribution in [0.2, 0.25) is 0 Å². The molecule has 3 aromatic rings. The number of benzene rings is 1. The Morgan fingerprint density at radius 1 is 1.11 bits per heavy atom. The minimum absolute atomic E-state index is 0.0234. The van der Waals surface area contributed by atoms with Crippen molar-refractivity contribution >= 4 is 11.9 Å². The first-order chi connectivity index (χ1) is 13.6. The maximum atomic E-state index is 13.1. The first-order valence-electron chi connectivity index (χ1n) is 9.40. The van der Waals surface area contributed by atoms with Gasteiger partial charge in [0.05, 0.1) is 11.4 Å². The second-order valence-corrected chi connectivity index (χ2v) is 7.17. The molecule has 0 bridgehead atoms. The fourth-order valence-corrected chi connectivity index (χ4v) is 3.42. The van der Waals surface area contributed by atoms with Gasteiger partial charge in [0, 0.05) is 32.1 Å². The lowest BCUT2D eigenvalue weighted by Crippen LogP contribution is -2.49. The molecule has 0 spiro atoms. The molecule has 1 fully saturated rings. The third kappa shape index (κ3) is 3.23. The van der Waals surface area contributed by atoms with Crippen LogP contribution in [0.3, 0.4) is 0 Å². The zero-order valence-electron chi connectivity index (χ0n) is 16.2. The molecule has 1 aliphatic rings. The molecule has 0 N–H and O–H groups in total. The Morgan fingerprint density at radius 2 is 1.82 bits per heavy atom. The topological polar surface area (TPSA) is 93.2 Å². The highest BCUT2D eigenvalue weighted by Crippen LogP contribution is 2.25. The van der Waals surface area contributed by atoms with E-state index in [4.69, 9.17) is 4.52 Å². The fraction of sp³-hybridized carbons (Fsp3) is 0.421. The number of nitrogens with zero attached hydrogens (tertiary/aromatic N) is 7. The van der Waals surface area contributed by atoms with Crippen LogP contribution < -0.4 is 4.90 Å². The molecule has 1 saturated heterocycles. The first kappa shape index (κ1) is 18.1. The Morgan fingerprint density at radius 3 is 2.50 bits per heavy atom. The second-order valence-electron chi connectivity index (χ2n) is 7.17. The summed E-state index contributed by atoms with van der Waals surface area (Å²) in [6.45, 7) is 8.29. The van der Waals surface area contributed by atoms with Crippen molar-refractivity contribution < 1.29 is 9.32 Å². The molecule has 1 aromatic carbocycles. The van der Waals surface area contributed by atoms with Gasteiger partial charge in [-0.2, -0.15) is 4.68 Å². The quantitative estimate of drug-likeness (QED) is 0.683. The van der Waals surface area contributed by atoms with E-state index in [0.717, 1.165) is 5.69 Å². The molecule has 0 unspecified atom stereocenters. The maximum absolute atomic E-state index is 13.1. The average Bonchev–Trinajstić information content (AvgIpc) is 3.35. The Hall–Kier alpha value is -3.23. The third-order valence-corrected chi connectivity index (χ3v) is 4.93. The van der Waals surface area contributed by atoms with Crippen LogP contribution in [0, 0.1) is 6.92 Å². The second kappa shape index (κ2) is 7.41. The van der Waals surface area contributed by atoms with Crippen molar-refractivity contribution in [2.75, 3.05) is 31.1 Å². The van der Waals surface area contributed by atoms with Gasteiger partial charge >= 0.3 is 0 Å². The van der Waals surface area contributed by atoms with Crippen LogP contribution >= 0.6 is 0 Å². The summed E-state index contributed by atoms with van der Waals surface area (Å²) in [5.41, 5.74) is 2.14. The number of aromatic nitrogens is 5. The maximum Gasteiger partial charge on any atom is 0.259 e. The third-order valence-electron chi connectivity index (χ3n) is 4.93. The number of anilines is 1. The van der Waals surface area contributed by atoms with E-state index in [9.17, 15) is 4.79 Å². The Balaban J connectivity index is 1.49. The van der Waals surface area contributed by atoms with Crippen LogP contribution in [0.15, 0.2) is 34.9 Å². The number of piperazine rings is 1. The molecular weight excluding hydrogens is 358 g/mol. The van der Waals surface area contributed by atoms with Crippen LogP contribution in [0.1, 0.15) is 41.6 Å². The van der Waals surface area contributed by atoms with Gasteiger partial charge < -0.3 is 14.3 Å². The highest BCUT2D eigenvalue weighted by atomic mass is 16.5. The number of rotatable bonds is 4. The van der Waals surface area contributed by atoms with Crippen molar-refractivity contribution in [3.05, 3.63) is 47.3 Å². The van der Waals surface area contributed by atoms with E-state index < -0.39 is 0 Å². The molecule has 1 amide bonds. The molecule has 3 heterocycles. The van der Waals surface area contributed by atoms with Gasteiger partial charge in [-0.3, -0.25) is 4.79 Å². The highest BCUT2D eigenvalue weighted by Gasteiger charge is 2.30. The molecule has 9 nitrogen and oxygen atoms in total. The van der Waals surface area contributed by atoms with Gasteiger partial charge in [0.2, 0.25) is 5.95 Å². The predicted molar refractivity (Wildman–Crippen MR) is 103 cm³/mol. The number of amides is 1. The van der Waals surface area contributed by atoms with Gasteiger partial charge in [0.1, 0.15) is 5.56 Å². The molecule has 28 heavy (non-hydrogen) atoms. The first-order valence-corrected chi connectivity index (χ1v) is 9.40. The number of tetrazole rings is 1. The largest absolute Gasteiger partial charge is 0.360 e. The van der Waals surface area contributed by atoms with Crippen molar-refractivity contribution in [1.82, 2.24) is 30.3 Å². The fourth-order valence-electron chi connectivity index (χ4n) is 3.42. The summed E-state index contributed by atoms with van der Waals surface area (Å²) in [5.74, 6) is 1.42. The molecule has 0 saturated carbocycles. The molecular formula is C19H23N7O2. The van der Waals surface area contributed by atoms with Gasteiger partial charge in [-0.25, -0.2) is 0 Å². The van der Waals surface area contributed by atoms with Crippen LogP contribution in [0.4, 0.5) is 5.95 Å². The summed E-state index contributed by atoms with van der Waals surface area (Å²) < 4.78 is 7.10. The number of carbonyl (C=O) groups is 1. The van der Waals surface area contributed by atoms with Crippen LogP contribution in [-0.4, -0.2) is 62.4 Å². The summed E-state index contributed by atoms with van der Waals surface area (Å²) in [7, 11) is 0. The smallest absolute Gasteiger partial charge is 0.259 e. The summed E-state index contributed by atoms with van der Waals surface area (Å²) in [4.78, 5) is 17.0. The van der Waals surface area contributed by atoms with Crippen molar-refractivity contribution in [2.24, 2.45) is 0 Å². The Labute approximate surface area is 162 Å². The van der Waals surface area contributed by atoms with E-state index in [1.54, 1.807) is 4.68 Å². The SMILES string of the molecule is Cc1noc(C(C)C)c1C(=O)N1CCN(c2nnnn2-c2ccccc2)CC1. The lowest BCUT2D eigenvalue weighted by Gasteiger charge is -2.34. The molecule has 0 radical (unpaired) electrons. The summed E-state index contributed by atoms with van der Waals surface area (Å²) in [5, 5.41) is 16.1. The summed E-state index contributed by atoms with van der Waals surface area (Å²) in [6.07, 6.45) is 0. The molecule has 0 aliphatic carbocycles. The number of hydrogen-bond acceptors (Lipinski definition) is 7. The minimum Gasteiger partial charge on any atom is -0.360 e. The summed E-state index contributed by atoms with van der Waals surface area (Å²) >= 11 is 0. The highest BCUT2D eigenvalue weighted by molar-refractivity contribution is 5.96. The zero-order chi connectivity index (χ0) is 19.7. The lowest BCUT2D eigenvalue weighted by molar-refractivity contribution is 0.0742. The van der Waals surface area contributed by atoms with E-state index in [1.165, 1.54) is 0 Å². The van der Waals surface area contributed by atoms with E-state index in [0.29, 0.717) is 49.1 Å². The van der Waals surface area contributed by atoms with Gasteiger partial charge in [0.15, 0.2) is 5.76 Å². The normalized spacial score (nSPS) is 14.7. The van der Waals surface area contributed by atoms with Crippen molar-refractivity contribution in [3.63, 3.8) is 0 Å². The standard InChI is InChI=1S/C19H23N7O2/c1-13(2)17-16(14(3)21-28-17)18(27)24-9-11-25(12-10-24)19-20-22-23-26(19)15-7-5-4-6-8-15/h4-8,13H,9-12H2,1-3H3. The van der Waals surface area contributed by atoms with Crippen molar-refractivity contribution in [2.45, 2.75) is 26.7 Å².